The molecular weight excluding hydrogens is 302 g/mol. The number of fused-ring (bicyclic) bond motifs is 2. The average Bonchev–Trinajstić information content (AvgIpc) is 2.58. The van der Waals surface area contributed by atoms with Crippen molar-refractivity contribution in [3.63, 3.8) is 0 Å². The number of aromatic nitrogens is 1. The van der Waals surface area contributed by atoms with Gasteiger partial charge in [-0.2, -0.15) is 0 Å². The van der Waals surface area contributed by atoms with Gasteiger partial charge < -0.3 is 0 Å². The molecule has 0 aliphatic rings. The zero-order chi connectivity index (χ0) is 17.6. The van der Waals surface area contributed by atoms with Crippen LogP contribution in [0, 0.1) is 6.92 Å². The van der Waals surface area contributed by atoms with Gasteiger partial charge in [0.25, 0.3) is 0 Å². The van der Waals surface area contributed by atoms with Crippen LogP contribution in [0.5, 0.6) is 0 Å². The molecule has 0 atom stereocenters. The smallest absolute Gasteiger partial charge is 0.0378 e. The SMILES string of the molecule is Cc1cc(-c2c3ccccc3c(C(C)(C)C)c3ccccc23)ccn1. The molecule has 1 nitrogen and oxygen atoms in total. The summed E-state index contributed by atoms with van der Waals surface area (Å²) in [6.45, 7) is 8.96. The highest BCUT2D eigenvalue weighted by atomic mass is 14.6. The van der Waals surface area contributed by atoms with E-state index in [0.29, 0.717) is 0 Å². The Morgan fingerprint density at radius 1 is 0.720 bits per heavy atom. The van der Waals surface area contributed by atoms with Crippen molar-refractivity contribution in [1.82, 2.24) is 4.98 Å². The van der Waals surface area contributed by atoms with E-state index in [1.165, 1.54) is 38.2 Å². The van der Waals surface area contributed by atoms with Gasteiger partial charge in [0.05, 0.1) is 0 Å². The van der Waals surface area contributed by atoms with E-state index in [1.807, 2.05) is 6.20 Å². The van der Waals surface area contributed by atoms with Crippen molar-refractivity contribution in [2.24, 2.45) is 0 Å². The summed E-state index contributed by atoms with van der Waals surface area (Å²) in [5, 5.41) is 5.32. The Labute approximate surface area is 149 Å². The topological polar surface area (TPSA) is 12.9 Å². The lowest BCUT2D eigenvalue weighted by molar-refractivity contribution is 0.601. The molecular formula is C24H23N. The molecule has 1 aromatic heterocycles. The van der Waals surface area contributed by atoms with E-state index in [0.717, 1.165) is 5.69 Å². The number of aryl methyl sites for hydroxylation is 1. The van der Waals surface area contributed by atoms with Crippen LogP contribution < -0.4 is 0 Å². The second-order valence-electron chi connectivity index (χ2n) is 7.78. The van der Waals surface area contributed by atoms with Gasteiger partial charge in [-0.05, 0) is 62.7 Å². The standard InChI is InChI=1S/C24H23N/c1-16-15-17(13-14-25-16)22-18-9-5-7-11-20(18)23(24(2,3)4)21-12-8-6-10-19(21)22/h5-15H,1-4H3. The van der Waals surface area contributed by atoms with E-state index in [-0.39, 0.29) is 5.41 Å². The summed E-state index contributed by atoms with van der Waals surface area (Å²) in [5.41, 5.74) is 5.09. The molecule has 4 rings (SSSR count). The van der Waals surface area contributed by atoms with E-state index >= 15 is 0 Å². The van der Waals surface area contributed by atoms with Crippen LogP contribution in [0.25, 0.3) is 32.7 Å². The third kappa shape index (κ3) is 2.60. The van der Waals surface area contributed by atoms with E-state index in [2.05, 4.69) is 93.3 Å². The predicted molar refractivity (Wildman–Crippen MR) is 108 cm³/mol. The van der Waals surface area contributed by atoms with Crippen LogP contribution in [0.15, 0.2) is 66.9 Å². The minimum absolute atomic E-state index is 0.0753. The summed E-state index contributed by atoms with van der Waals surface area (Å²) in [4.78, 5) is 4.38. The molecule has 1 heteroatoms. The number of pyridine rings is 1. The van der Waals surface area contributed by atoms with Crippen molar-refractivity contribution in [2.45, 2.75) is 33.1 Å². The summed E-state index contributed by atoms with van der Waals surface area (Å²) in [7, 11) is 0. The summed E-state index contributed by atoms with van der Waals surface area (Å²) < 4.78 is 0. The van der Waals surface area contributed by atoms with Crippen LogP contribution in [0.3, 0.4) is 0 Å². The average molecular weight is 325 g/mol. The van der Waals surface area contributed by atoms with Gasteiger partial charge in [0.1, 0.15) is 0 Å². The summed E-state index contributed by atoms with van der Waals surface area (Å²) >= 11 is 0. The first-order chi connectivity index (χ1) is 12.0. The van der Waals surface area contributed by atoms with Crippen LogP contribution in [-0.4, -0.2) is 4.98 Å². The normalized spacial score (nSPS) is 12.0. The first-order valence-electron chi connectivity index (χ1n) is 8.84. The van der Waals surface area contributed by atoms with E-state index in [1.54, 1.807) is 0 Å². The first kappa shape index (κ1) is 15.8. The third-order valence-electron chi connectivity index (χ3n) is 4.87. The zero-order valence-electron chi connectivity index (χ0n) is 15.3. The Morgan fingerprint density at radius 3 is 1.72 bits per heavy atom. The lowest BCUT2D eigenvalue weighted by Crippen LogP contribution is -2.13. The largest absolute Gasteiger partial charge is 0.262 e. The molecule has 25 heavy (non-hydrogen) atoms. The Morgan fingerprint density at radius 2 is 1.24 bits per heavy atom. The van der Waals surface area contributed by atoms with Crippen molar-refractivity contribution in [1.29, 1.82) is 0 Å². The maximum Gasteiger partial charge on any atom is 0.0378 e. The molecule has 1 heterocycles. The molecule has 4 aromatic rings. The quantitative estimate of drug-likeness (QED) is 0.356. The molecule has 0 fully saturated rings. The second-order valence-corrected chi connectivity index (χ2v) is 7.78. The first-order valence-corrected chi connectivity index (χ1v) is 8.84. The molecule has 3 aromatic carbocycles. The highest BCUT2D eigenvalue weighted by molar-refractivity contribution is 6.15. The van der Waals surface area contributed by atoms with Crippen LogP contribution in [0.4, 0.5) is 0 Å². The molecule has 0 saturated carbocycles. The number of benzene rings is 3. The van der Waals surface area contributed by atoms with Crippen molar-refractivity contribution in [3.8, 4) is 11.1 Å². The summed E-state index contributed by atoms with van der Waals surface area (Å²) in [6, 6.07) is 21.9. The molecule has 0 spiro atoms. The van der Waals surface area contributed by atoms with Crippen molar-refractivity contribution < 1.29 is 0 Å². The van der Waals surface area contributed by atoms with Crippen LogP contribution in [0.2, 0.25) is 0 Å². The maximum atomic E-state index is 4.38. The Kier molecular flexibility index (Phi) is 3.61. The third-order valence-corrected chi connectivity index (χ3v) is 4.87. The van der Waals surface area contributed by atoms with Gasteiger partial charge in [0.15, 0.2) is 0 Å². The molecule has 0 aliphatic carbocycles. The molecule has 0 N–H and O–H groups in total. The van der Waals surface area contributed by atoms with Gasteiger partial charge in [0.2, 0.25) is 0 Å². The van der Waals surface area contributed by atoms with Crippen LogP contribution in [-0.2, 0) is 5.41 Å². The molecule has 0 saturated heterocycles. The fourth-order valence-electron chi connectivity index (χ4n) is 3.95. The van der Waals surface area contributed by atoms with Crippen LogP contribution >= 0.6 is 0 Å². The highest BCUT2D eigenvalue weighted by Gasteiger charge is 2.23. The Bertz CT molecular complexity index is 1030. The van der Waals surface area contributed by atoms with Crippen molar-refractivity contribution >= 4 is 21.5 Å². The van der Waals surface area contributed by atoms with Gasteiger partial charge in [-0.1, -0.05) is 69.3 Å². The number of nitrogens with zero attached hydrogens (tertiary/aromatic N) is 1. The van der Waals surface area contributed by atoms with Gasteiger partial charge in [-0.15, -0.1) is 0 Å². The van der Waals surface area contributed by atoms with E-state index < -0.39 is 0 Å². The number of hydrogen-bond donors (Lipinski definition) is 0. The number of rotatable bonds is 1. The number of hydrogen-bond acceptors (Lipinski definition) is 1. The molecule has 124 valence electrons. The van der Waals surface area contributed by atoms with Crippen LogP contribution in [0.1, 0.15) is 32.0 Å². The van der Waals surface area contributed by atoms with Gasteiger partial charge in [-0.25, -0.2) is 0 Å². The highest BCUT2D eigenvalue weighted by Crippen LogP contribution is 2.43. The van der Waals surface area contributed by atoms with E-state index in [4.69, 9.17) is 0 Å². The molecule has 0 bridgehead atoms. The summed E-state index contributed by atoms with van der Waals surface area (Å²) in [6.07, 6.45) is 1.91. The Balaban J connectivity index is 2.27. The lowest BCUT2D eigenvalue weighted by Gasteiger charge is -2.26. The van der Waals surface area contributed by atoms with Crippen molar-refractivity contribution in [2.75, 3.05) is 0 Å². The van der Waals surface area contributed by atoms with E-state index in [9.17, 15) is 0 Å². The minimum atomic E-state index is 0.0753. The van der Waals surface area contributed by atoms with Gasteiger partial charge >= 0.3 is 0 Å². The maximum absolute atomic E-state index is 4.38. The van der Waals surface area contributed by atoms with Gasteiger partial charge in [-0.3, -0.25) is 4.98 Å². The molecule has 0 unspecified atom stereocenters. The molecule has 0 radical (unpaired) electrons. The summed E-state index contributed by atoms with van der Waals surface area (Å²) in [5.74, 6) is 0. The zero-order valence-corrected chi connectivity index (χ0v) is 15.3. The molecule has 0 amide bonds. The fourth-order valence-corrected chi connectivity index (χ4v) is 3.95. The second kappa shape index (κ2) is 5.70. The monoisotopic (exact) mass is 325 g/mol. The predicted octanol–water partition coefficient (Wildman–Crippen LogP) is 6.66. The van der Waals surface area contributed by atoms with Gasteiger partial charge in [0, 0.05) is 11.9 Å². The lowest BCUT2D eigenvalue weighted by atomic mass is 9.78. The molecule has 0 aliphatic heterocycles. The minimum Gasteiger partial charge on any atom is -0.262 e. The fraction of sp³-hybridized carbons (Fsp3) is 0.208. The Hall–Kier alpha value is -2.67. The van der Waals surface area contributed by atoms with Crippen molar-refractivity contribution in [3.05, 3.63) is 78.1 Å².